The predicted molar refractivity (Wildman–Crippen MR) is 318 cm³/mol. The van der Waals surface area contributed by atoms with Gasteiger partial charge in [-0.2, -0.15) is 0 Å². The van der Waals surface area contributed by atoms with Gasteiger partial charge in [0.2, 0.25) is 0 Å². The second-order valence-electron chi connectivity index (χ2n) is 19.7. The number of hydrogen-bond donors (Lipinski definition) is 0. The summed E-state index contributed by atoms with van der Waals surface area (Å²) in [6.07, 6.45) is 5.95. The molecule has 0 amide bonds. The van der Waals surface area contributed by atoms with Crippen molar-refractivity contribution in [2.24, 2.45) is 0 Å². The van der Waals surface area contributed by atoms with Crippen LogP contribution in [0.15, 0.2) is 286 Å². The summed E-state index contributed by atoms with van der Waals surface area (Å²) >= 11 is 0. The van der Waals surface area contributed by atoms with Gasteiger partial charge in [0, 0.05) is 57.2 Å². The summed E-state index contributed by atoms with van der Waals surface area (Å²) in [4.78, 5) is 12.8. The van der Waals surface area contributed by atoms with E-state index >= 15 is 0 Å². The van der Waals surface area contributed by atoms with Gasteiger partial charge in [0.1, 0.15) is 11.5 Å². The Morgan fingerprint density at radius 2 is 0.920 bits per heavy atom. The van der Waals surface area contributed by atoms with E-state index in [2.05, 4.69) is 281 Å². The maximum atomic E-state index is 5.20. The van der Waals surface area contributed by atoms with E-state index in [0.29, 0.717) is 0 Å². The highest BCUT2D eigenvalue weighted by atomic mass is 28.3. The molecule has 0 saturated heterocycles. The van der Waals surface area contributed by atoms with E-state index in [1.807, 2.05) is 18.5 Å². The van der Waals surface area contributed by atoms with Gasteiger partial charge in [-0.25, -0.2) is 9.97 Å². The Bertz CT molecular complexity index is 4390. The lowest BCUT2D eigenvalue weighted by molar-refractivity contribution is 1.08. The van der Waals surface area contributed by atoms with Crippen molar-refractivity contribution in [2.75, 3.05) is 4.90 Å². The van der Waals surface area contributed by atoms with Gasteiger partial charge in [0.25, 0.3) is 0 Å². The molecule has 0 bridgehead atoms. The number of pyridine rings is 2. The normalized spacial score (nSPS) is 13.1. The molecule has 0 N–H and O–H groups in total. The molecular formula is C68H47N5Si2. The summed E-state index contributed by atoms with van der Waals surface area (Å²) in [5.41, 5.74) is 7.89. The van der Waals surface area contributed by atoms with Gasteiger partial charge in [-0.1, -0.05) is 212 Å². The fraction of sp³-hybridized carbons (Fsp3) is 0. The van der Waals surface area contributed by atoms with Crippen LogP contribution in [-0.4, -0.2) is 35.1 Å². The van der Waals surface area contributed by atoms with Crippen molar-refractivity contribution in [1.82, 2.24) is 18.9 Å². The highest BCUT2D eigenvalue weighted by Gasteiger charge is 2.49. The molecule has 0 radical (unpaired) electrons. The number of nitrogens with zero attached hydrogens (tertiary/aromatic N) is 5. The van der Waals surface area contributed by atoms with E-state index in [0.717, 1.165) is 39.1 Å². The van der Waals surface area contributed by atoms with E-state index in [-0.39, 0.29) is 0 Å². The van der Waals surface area contributed by atoms with Crippen molar-refractivity contribution in [2.45, 2.75) is 0 Å². The van der Waals surface area contributed by atoms with Gasteiger partial charge < -0.3 is 4.90 Å². The Morgan fingerprint density at radius 3 is 1.61 bits per heavy atom. The third-order valence-corrected chi connectivity index (χ3v) is 25.6. The first-order valence-corrected chi connectivity index (χ1v) is 29.7. The summed E-state index contributed by atoms with van der Waals surface area (Å²) < 4.78 is 4.70. The molecule has 0 unspecified atom stereocenters. The molecule has 0 aliphatic carbocycles. The standard InChI is InChI=1S/C68H47N5Si2/c1-6-22-48(23-7-1)72-61-34-18-19-35-65(61)75(51-28-12-4-13-29-51,52-30-14-5-15-31-52)66-47-63-58(46-64(66)72)57-40-38-54(45-62(57)73(63)67-36-20-21-41-69-67)74(49-24-8-2-9-25-49,50-26-10-3-11-27-50)53-37-39-55-56-32-16-17-33-60(56)71-43-42-70-68(71)59(55)44-53/h1-47H. The second-order valence-corrected chi connectivity index (χ2v) is 27.2. The molecule has 14 aromatic rings. The maximum Gasteiger partial charge on any atom is 0.184 e. The lowest BCUT2D eigenvalue weighted by atomic mass is 10.1. The van der Waals surface area contributed by atoms with E-state index in [1.54, 1.807) is 0 Å². The Morgan fingerprint density at radius 1 is 0.347 bits per heavy atom. The fourth-order valence-corrected chi connectivity index (χ4v) is 22.8. The quantitative estimate of drug-likeness (QED) is 0.0865. The van der Waals surface area contributed by atoms with Crippen LogP contribution in [0.5, 0.6) is 0 Å². The highest BCUT2D eigenvalue weighted by Crippen LogP contribution is 2.42. The van der Waals surface area contributed by atoms with Gasteiger partial charge in [-0.3, -0.25) is 8.97 Å². The Labute approximate surface area is 436 Å². The number of para-hydroxylation sites is 3. The van der Waals surface area contributed by atoms with Crippen molar-refractivity contribution < 1.29 is 0 Å². The van der Waals surface area contributed by atoms with Crippen LogP contribution < -0.4 is 46.4 Å². The number of fused-ring (bicyclic) bond motifs is 11. The summed E-state index contributed by atoms with van der Waals surface area (Å²) in [5.74, 6) is 0.878. The van der Waals surface area contributed by atoms with E-state index in [9.17, 15) is 0 Å². The van der Waals surface area contributed by atoms with Gasteiger partial charge in [0.15, 0.2) is 16.1 Å². The fourth-order valence-electron chi connectivity index (χ4n) is 13.0. The topological polar surface area (TPSA) is 38.4 Å². The molecule has 1 aliphatic rings. The third-order valence-electron chi connectivity index (χ3n) is 16.0. The van der Waals surface area contributed by atoms with Crippen molar-refractivity contribution >= 4 is 124 Å². The van der Waals surface area contributed by atoms with Gasteiger partial charge in [-0.05, 0) is 101 Å². The molecular weight excluding hydrogens is 943 g/mol. The molecule has 15 rings (SSSR count). The van der Waals surface area contributed by atoms with Crippen LogP contribution in [0.3, 0.4) is 0 Å². The Balaban J connectivity index is 1.09. The summed E-state index contributed by atoms with van der Waals surface area (Å²) in [6.45, 7) is 0. The van der Waals surface area contributed by atoms with E-state index < -0.39 is 16.1 Å². The number of hydrogen-bond acceptors (Lipinski definition) is 3. The van der Waals surface area contributed by atoms with Crippen molar-refractivity contribution in [3.05, 3.63) is 286 Å². The number of benzene rings is 10. The molecule has 0 saturated carbocycles. The molecule has 7 heteroatoms. The Hall–Kier alpha value is -9.41. The minimum Gasteiger partial charge on any atom is -0.311 e. The molecule has 0 fully saturated rings. The van der Waals surface area contributed by atoms with Crippen LogP contribution in [0, 0.1) is 0 Å². The number of anilines is 3. The molecule has 1 aliphatic heterocycles. The average molecular weight is 990 g/mol. The Kier molecular flexibility index (Phi) is 9.85. The van der Waals surface area contributed by atoms with Gasteiger partial charge in [0.05, 0.1) is 16.6 Å². The first-order valence-electron chi connectivity index (χ1n) is 25.7. The zero-order chi connectivity index (χ0) is 49.5. The number of aromatic nitrogens is 4. The lowest BCUT2D eigenvalue weighted by Crippen LogP contribution is -2.77. The largest absolute Gasteiger partial charge is 0.311 e. The van der Waals surface area contributed by atoms with Crippen LogP contribution in [0.2, 0.25) is 0 Å². The van der Waals surface area contributed by atoms with Gasteiger partial charge in [-0.15, -0.1) is 0 Å². The molecule has 4 aromatic heterocycles. The molecule has 10 aromatic carbocycles. The molecule has 0 atom stereocenters. The van der Waals surface area contributed by atoms with Crippen LogP contribution >= 0.6 is 0 Å². The molecule has 75 heavy (non-hydrogen) atoms. The molecule has 0 spiro atoms. The molecule has 5 nitrogen and oxygen atoms in total. The smallest absolute Gasteiger partial charge is 0.184 e. The zero-order valence-electron chi connectivity index (χ0n) is 40.9. The van der Waals surface area contributed by atoms with Crippen LogP contribution in [0.1, 0.15) is 0 Å². The summed E-state index contributed by atoms with van der Waals surface area (Å²) in [6, 6.07) is 99.9. The summed E-state index contributed by atoms with van der Waals surface area (Å²) in [5, 5.41) is 16.5. The first kappa shape index (κ1) is 43.2. The van der Waals surface area contributed by atoms with Crippen LogP contribution in [0.25, 0.3) is 54.9 Å². The van der Waals surface area contributed by atoms with E-state index in [4.69, 9.17) is 9.97 Å². The van der Waals surface area contributed by atoms with Gasteiger partial charge >= 0.3 is 0 Å². The predicted octanol–water partition coefficient (Wildman–Crippen LogP) is 10.7. The maximum absolute atomic E-state index is 5.20. The second kappa shape index (κ2) is 17.1. The summed E-state index contributed by atoms with van der Waals surface area (Å²) in [7, 11) is -6.19. The third kappa shape index (κ3) is 6.29. The minimum atomic E-state index is -3.15. The monoisotopic (exact) mass is 989 g/mol. The zero-order valence-corrected chi connectivity index (χ0v) is 42.9. The molecule has 5 heterocycles. The average Bonchev–Trinajstić information content (AvgIpc) is 4.26. The highest BCUT2D eigenvalue weighted by molar-refractivity contribution is 7.21. The SMILES string of the molecule is c1ccc(N2c3ccccc3[Si](c3ccccc3)(c3ccccc3)c3cc4c(cc32)c2ccc([Si](c3ccccc3)(c3ccccc3)c3ccc5c6ccccc6n6ccnc6c5c3)cc2n4-c2ccccn2)cc1. The first-order chi connectivity index (χ1) is 37.2. The van der Waals surface area contributed by atoms with Crippen LogP contribution in [0.4, 0.5) is 17.1 Å². The van der Waals surface area contributed by atoms with Crippen LogP contribution in [-0.2, 0) is 0 Å². The number of imidazole rings is 1. The van der Waals surface area contributed by atoms with Crippen molar-refractivity contribution in [3.8, 4) is 5.82 Å². The van der Waals surface area contributed by atoms with E-state index in [1.165, 1.54) is 74.4 Å². The molecule has 352 valence electrons. The van der Waals surface area contributed by atoms with Crippen molar-refractivity contribution in [1.29, 1.82) is 0 Å². The van der Waals surface area contributed by atoms with Crippen molar-refractivity contribution in [3.63, 3.8) is 0 Å². The number of rotatable bonds is 8. The lowest BCUT2D eigenvalue weighted by Gasteiger charge is -2.45. The minimum absolute atomic E-state index is 0.878.